The van der Waals surface area contributed by atoms with Crippen LogP contribution < -0.4 is 10.1 Å². The number of ether oxygens (including phenoxy) is 1. The molecule has 38 heavy (non-hydrogen) atoms. The minimum Gasteiger partial charge on any atom is -0.492 e. The van der Waals surface area contributed by atoms with E-state index in [1.807, 2.05) is 24.3 Å². The molecule has 6 heteroatoms. The minimum atomic E-state index is -1.00. The van der Waals surface area contributed by atoms with E-state index in [1.54, 1.807) is 24.5 Å². The van der Waals surface area contributed by atoms with Gasteiger partial charge in [0.25, 0.3) is 0 Å². The van der Waals surface area contributed by atoms with Crippen molar-refractivity contribution < 1.29 is 14.6 Å². The molecule has 0 radical (unpaired) electrons. The number of carbonyl (C=O) groups is 1. The highest BCUT2D eigenvalue weighted by molar-refractivity contribution is 6.30. The zero-order valence-corrected chi connectivity index (χ0v) is 23.0. The second-order valence-electron chi connectivity index (χ2n) is 11.5. The number of halogens is 1. The largest absolute Gasteiger partial charge is 0.492 e. The molecule has 2 aliphatic rings. The Hall–Kier alpha value is -3.05. The van der Waals surface area contributed by atoms with Crippen LogP contribution in [0.1, 0.15) is 57.1 Å². The van der Waals surface area contributed by atoms with Crippen molar-refractivity contribution in [3.63, 3.8) is 0 Å². The first-order valence-corrected chi connectivity index (χ1v) is 14.1. The topological polar surface area (TPSA) is 71.5 Å². The summed E-state index contributed by atoms with van der Waals surface area (Å²) >= 11 is 6.20. The van der Waals surface area contributed by atoms with E-state index in [-0.39, 0.29) is 5.41 Å². The van der Waals surface area contributed by atoms with Crippen molar-refractivity contribution >= 4 is 23.3 Å². The third-order valence-electron chi connectivity index (χ3n) is 9.04. The zero-order chi connectivity index (χ0) is 26.8. The predicted molar refractivity (Wildman–Crippen MR) is 152 cm³/mol. The normalized spacial score (nSPS) is 25.2. The van der Waals surface area contributed by atoms with Crippen LogP contribution in [0.2, 0.25) is 5.02 Å². The van der Waals surface area contributed by atoms with E-state index in [9.17, 15) is 9.90 Å². The number of fused-ring (bicyclic) bond motifs is 2. The molecule has 5 rings (SSSR count). The summed E-state index contributed by atoms with van der Waals surface area (Å²) in [6.45, 7) is 5.20. The Morgan fingerprint density at radius 3 is 2.58 bits per heavy atom. The molecule has 0 amide bonds. The fourth-order valence-electron chi connectivity index (χ4n) is 6.74. The Morgan fingerprint density at radius 2 is 1.89 bits per heavy atom. The number of rotatable bonds is 9. The summed E-state index contributed by atoms with van der Waals surface area (Å²) in [5, 5.41) is 14.4. The molecule has 1 heterocycles. The summed E-state index contributed by atoms with van der Waals surface area (Å²) < 4.78 is 6.17. The number of nitrogens with one attached hydrogen (secondary N) is 1. The summed E-state index contributed by atoms with van der Waals surface area (Å²) in [5.74, 6) is 1.32. The lowest BCUT2D eigenvalue weighted by Crippen LogP contribution is -2.53. The Balaban J connectivity index is 1.38. The monoisotopic (exact) mass is 532 g/mol. The van der Waals surface area contributed by atoms with E-state index in [4.69, 9.17) is 16.3 Å². The molecular formula is C32H37ClN2O3. The van der Waals surface area contributed by atoms with Gasteiger partial charge in [-0.3, -0.25) is 4.98 Å². The maximum absolute atomic E-state index is 12.7. The first kappa shape index (κ1) is 26.6. The highest BCUT2D eigenvalue weighted by atomic mass is 35.5. The SMILES string of the molecule is CC(C)[C@@H](COc1cccnc1)C[C@@H]1Cc2ccccc2C12CCC(Nc1cccc(Cl)c1)(C(=O)O)CC2. The second kappa shape index (κ2) is 11.0. The predicted octanol–water partition coefficient (Wildman–Crippen LogP) is 7.40. The maximum atomic E-state index is 12.7. The van der Waals surface area contributed by atoms with Crippen LogP contribution in [0.5, 0.6) is 5.75 Å². The third-order valence-corrected chi connectivity index (χ3v) is 9.28. The van der Waals surface area contributed by atoms with E-state index in [0.29, 0.717) is 42.2 Å². The van der Waals surface area contributed by atoms with Gasteiger partial charge in [0, 0.05) is 16.9 Å². The van der Waals surface area contributed by atoms with Crippen molar-refractivity contribution in [1.29, 1.82) is 0 Å². The quantitative estimate of drug-likeness (QED) is 0.300. The molecule has 200 valence electrons. The summed E-state index contributed by atoms with van der Waals surface area (Å²) in [7, 11) is 0. The number of anilines is 1. The standard InChI is InChI=1S/C32H37ClN2O3/c1-22(2)24(21-38-28-10-6-16-34-20-28)18-25-17-23-7-3-4-11-29(23)31(25)12-14-32(15-13-31,30(36)37)35-27-9-5-8-26(33)19-27/h3-11,16,19-20,22,24-25,35H,12-15,17-18,21H2,1-2H3,(H,36,37)/t24-,25+,31?,32?/m1/s1. The number of hydrogen-bond acceptors (Lipinski definition) is 4. The van der Waals surface area contributed by atoms with E-state index < -0.39 is 11.5 Å². The first-order chi connectivity index (χ1) is 18.3. The second-order valence-corrected chi connectivity index (χ2v) is 11.9. The molecule has 2 N–H and O–H groups in total. The van der Waals surface area contributed by atoms with E-state index >= 15 is 0 Å². The molecule has 0 unspecified atom stereocenters. The Labute approximate surface area is 230 Å². The summed E-state index contributed by atoms with van der Waals surface area (Å²) in [6.07, 6.45) is 8.42. The van der Waals surface area contributed by atoms with Gasteiger partial charge in [0.05, 0.1) is 12.8 Å². The summed E-state index contributed by atoms with van der Waals surface area (Å²) in [6, 6.07) is 20.0. The number of benzene rings is 2. The Bertz CT molecular complexity index is 1250. The van der Waals surface area contributed by atoms with Crippen molar-refractivity contribution in [1.82, 2.24) is 4.98 Å². The molecule has 1 spiro atoms. The number of pyridine rings is 1. The zero-order valence-electron chi connectivity index (χ0n) is 22.2. The average Bonchev–Trinajstić information content (AvgIpc) is 3.21. The van der Waals surface area contributed by atoms with Crippen LogP contribution >= 0.6 is 11.6 Å². The van der Waals surface area contributed by atoms with Crippen LogP contribution in [0.15, 0.2) is 73.1 Å². The number of aliphatic carboxylic acids is 1. The van der Waals surface area contributed by atoms with Crippen molar-refractivity contribution in [2.24, 2.45) is 17.8 Å². The maximum Gasteiger partial charge on any atom is 0.329 e. The summed E-state index contributed by atoms with van der Waals surface area (Å²) in [4.78, 5) is 16.8. The molecule has 1 fully saturated rings. The van der Waals surface area contributed by atoms with Gasteiger partial charge < -0.3 is 15.2 Å². The first-order valence-electron chi connectivity index (χ1n) is 13.7. The molecule has 2 aromatic carbocycles. The van der Waals surface area contributed by atoms with Gasteiger partial charge in [0.15, 0.2) is 0 Å². The summed E-state index contributed by atoms with van der Waals surface area (Å²) in [5.41, 5.74) is 2.57. The van der Waals surface area contributed by atoms with Gasteiger partial charge in [-0.2, -0.15) is 0 Å². The van der Waals surface area contributed by atoms with Gasteiger partial charge in [-0.25, -0.2) is 4.79 Å². The Morgan fingerprint density at radius 1 is 1.11 bits per heavy atom. The van der Waals surface area contributed by atoms with Gasteiger partial charge in [0.1, 0.15) is 11.3 Å². The van der Waals surface area contributed by atoms with E-state index in [1.165, 1.54) is 11.1 Å². The number of carboxylic acid groups (broad SMARTS) is 1. The Kier molecular flexibility index (Phi) is 7.67. The van der Waals surface area contributed by atoms with Gasteiger partial charge in [-0.05, 0) is 103 Å². The minimum absolute atomic E-state index is 0.0208. The molecule has 0 bridgehead atoms. The number of aromatic nitrogens is 1. The average molecular weight is 533 g/mol. The van der Waals surface area contributed by atoms with Crippen LogP contribution in [0.25, 0.3) is 0 Å². The number of nitrogens with zero attached hydrogens (tertiary/aromatic N) is 1. The molecule has 1 aromatic heterocycles. The van der Waals surface area contributed by atoms with Crippen LogP contribution in [-0.2, 0) is 16.6 Å². The lowest BCUT2D eigenvalue weighted by Gasteiger charge is -2.47. The molecule has 0 saturated heterocycles. The van der Waals surface area contributed by atoms with Crippen LogP contribution in [0, 0.1) is 17.8 Å². The van der Waals surface area contributed by atoms with E-state index in [2.05, 4.69) is 48.4 Å². The van der Waals surface area contributed by atoms with Gasteiger partial charge in [0.2, 0.25) is 0 Å². The fraction of sp³-hybridized carbons (Fsp3) is 0.438. The lowest BCUT2D eigenvalue weighted by atomic mass is 9.59. The van der Waals surface area contributed by atoms with Gasteiger partial charge >= 0.3 is 5.97 Å². The molecule has 0 aliphatic heterocycles. The highest BCUT2D eigenvalue weighted by Crippen LogP contribution is 2.56. The lowest BCUT2D eigenvalue weighted by molar-refractivity contribution is -0.144. The fourth-order valence-corrected chi connectivity index (χ4v) is 6.93. The molecule has 3 aromatic rings. The van der Waals surface area contributed by atoms with E-state index in [0.717, 1.165) is 37.1 Å². The van der Waals surface area contributed by atoms with Crippen LogP contribution in [0.4, 0.5) is 5.69 Å². The smallest absolute Gasteiger partial charge is 0.329 e. The number of carboxylic acids is 1. The molecule has 2 aliphatic carbocycles. The molecule has 2 atom stereocenters. The highest BCUT2D eigenvalue weighted by Gasteiger charge is 2.54. The molecule has 5 nitrogen and oxygen atoms in total. The van der Waals surface area contributed by atoms with Crippen molar-refractivity contribution in [2.75, 3.05) is 11.9 Å². The van der Waals surface area contributed by atoms with Crippen LogP contribution in [-0.4, -0.2) is 28.2 Å². The molecule has 1 saturated carbocycles. The number of hydrogen-bond donors (Lipinski definition) is 2. The third kappa shape index (κ3) is 5.26. The molecular weight excluding hydrogens is 496 g/mol. The van der Waals surface area contributed by atoms with Crippen LogP contribution in [0.3, 0.4) is 0 Å². The van der Waals surface area contributed by atoms with Crippen molar-refractivity contribution in [3.05, 3.63) is 89.2 Å². The van der Waals surface area contributed by atoms with Gasteiger partial charge in [-0.15, -0.1) is 0 Å². The van der Waals surface area contributed by atoms with Gasteiger partial charge in [-0.1, -0.05) is 55.8 Å². The van der Waals surface area contributed by atoms with Crippen molar-refractivity contribution in [3.8, 4) is 5.75 Å². The van der Waals surface area contributed by atoms with Crippen molar-refractivity contribution in [2.45, 2.75) is 63.3 Å².